The molecule has 0 saturated heterocycles. The number of para-hydroxylation sites is 2. The van der Waals surface area contributed by atoms with E-state index in [-0.39, 0.29) is 11.9 Å². The number of oxazole rings is 1. The second kappa shape index (κ2) is 6.15. The van der Waals surface area contributed by atoms with Crippen molar-refractivity contribution in [3.8, 4) is 0 Å². The highest BCUT2D eigenvalue weighted by Gasteiger charge is 2.05. The van der Waals surface area contributed by atoms with E-state index in [4.69, 9.17) is 9.15 Å². The van der Waals surface area contributed by atoms with Crippen LogP contribution in [0.25, 0.3) is 17.2 Å². The summed E-state index contributed by atoms with van der Waals surface area (Å²) < 4.78 is 10.4. The summed E-state index contributed by atoms with van der Waals surface area (Å²) in [5.74, 6) is 0.211. The number of fused-ring (bicyclic) bond motifs is 1. The van der Waals surface area contributed by atoms with E-state index in [0.29, 0.717) is 18.1 Å². The Kier molecular flexibility index (Phi) is 4.30. The molecule has 1 heterocycles. The van der Waals surface area contributed by atoms with E-state index in [1.807, 2.05) is 31.2 Å². The largest absolute Gasteiger partial charge is 0.437 e. The molecule has 0 bridgehead atoms. The van der Waals surface area contributed by atoms with Crippen LogP contribution in [-0.4, -0.2) is 30.6 Å². The Balaban J connectivity index is 1.99. The van der Waals surface area contributed by atoms with Crippen LogP contribution in [0.5, 0.6) is 0 Å². The fraction of sp³-hybridized carbons (Fsp3) is 0.286. The maximum absolute atomic E-state index is 11.6. The smallest absolute Gasteiger partial charge is 0.244 e. The number of benzene rings is 1. The highest BCUT2D eigenvalue weighted by atomic mass is 16.5. The number of amides is 1. The first-order chi connectivity index (χ1) is 9.19. The van der Waals surface area contributed by atoms with Gasteiger partial charge in [-0.25, -0.2) is 4.98 Å². The summed E-state index contributed by atoms with van der Waals surface area (Å²) in [5.41, 5.74) is 1.48. The Bertz CT molecular complexity index is 556. The first-order valence-corrected chi connectivity index (χ1v) is 6.02. The van der Waals surface area contributed by atoms with Crippen LogP contribution in [0.2, 0.25) is 0 Å². The van der Waals surface area contributed by atoms with Gasteiger partial charge in [0.1, 0.15) is 5.52 Å². The van der Waals surface area contributed by atoms with Crippen molar-refractivity contribution in [3.05, 3.63) is 36.2 Å². The standard InChI is InChI=1S/C14H16N2O3/c1-10(9-18-2)15-13(17)7-8-14-16-11-5-3-4-6-12(11)19-14/h3-8,10H,9H2,1-2H3,(H,15,17)/b8-7+. The molecule has 1 unspecified atom stereocenters. The molecule has 5 nitrogen and oxygen atoms in total. The van der Waals surface area contributed by atoms with Crippen LogP contribution in [0.1, 0.15) is 12.8 Å². The summed E-state index contributed by atoms with van der Waals surface area (Å²) in [6, 6.07) is 7.42. The molecular formula is C14H16N2O3. The summed E-state index contributed by atoms with van der Waals surface area (Å²) in [5, 5.41) is 2.76. The van der Waals surface area contributed by atoms with Gasteiger partial charge in [0.05, 0.1) is 6.61 Å². The van der Waals surface area contributed by atoms with E-state index in [9.17, 15) is 4.79 Å². The molecule has 0 fully saturated rings. The number of nitrogens with zero attached hydrogens (tertiary/aromatic N) is 1. The van der Waals surface area contributed by atoms with Crippen molar-refractivity contribution in [1.29, 1.82) is 0 Å². The van der Waals surface area contributed by atoms with E-state index in [1.165, 1.54) is 6.08 Å². The Labute approximate surface area is 111 Å². The third kappa shape index (κ3) is 3.66. The second-order valence-corrected chi connectivity index (χ2v) is 4.22. The summed E-state index contributed by atoms with van der Waals surface area (Å²) >= 11 is 0. The molecule has 1 amide bonds. The molecular weight excluding hydrogens is 244 g/mol. The van der Waals surface area contributed by atoms with Gasteiger partial charge in [-0.15, -0.1) is 0 Å². The summed E-state index contributed by atoms with van der Waals surface area (Å²) in [6.45, 7) is 2.34. The van der Waals surface area contributed by atoms with Crippen LogP contribution >= 0.6 is 0 Å². The molecule has 0 radical (unpaired) electrons. The summed E-state index contributed by atoms with van der Waals surface area (Å²) in [7, 11) is 1.59. The van der Waals surface area contributed by atoms with Crippen LogP contribution in [0, 0.1) is 0 Å². The predicted octanol–water partition coefficient (Wildman–Crippen LogP) is 1.99. The molecule has 0 aliphatic rings. The van der Waals surface area contributed by atoms with Crippen molar-refractivity contribution >= 4 is 23.1 Å². The predicted molar refractivity (Wildman–Crippen MR) is 72.5 cm³/mol. The van der Waals surface area contributed by atoms with Crippen molar-refractivity contribution in [2.24, 2.45) is 0 Å². The highest BCUT2D eigenvalue weighted by Crippen LogP contribution is 2.15. The third-order valence-electron chi connectivity index (χ3n) is 2.49. The molecule has 2 rings (SSSR count). The van der Waals surface area contributed by atoms with Gasteiger partial charge in [0, 0.05) is 25.3 Å². The van der Waals surface area contributed by atoms with E-state index in [2.05, 4.69) is 10.3 Å². The Morgan fingerprint density at radius 1 is 1.53 bits per heavy atom. The lowest BCUT2D eigenvalue weighted by atomic mass is 10.3. The molecule has 2 aromatic rings. The minimum atomic E-state index is -0.202. The lowest BCUT2D eigenvalue weighted by Crippen LogP contribution is -2.34. The minimum absolute atomic E-state index is 0.0363. The number of methoxy groups -OCH3 is 1. The van der Waals surface area contributed by atoms with Gasteiger partial charge in [0.15, 0.2) is 5.58 Å². The van der Waals surface area contributed by atoms with Crippen molar-refractivity contribution in [2.75, 3.05) is 13.7 Å². The number of ether oxygens (including phenoxy) is 1. The molecule has 5 heteroatoms. The van der Waals surface area contributed by atoms with Crippen LogP contribution in [-0.2, 0) is 9.53 Å². The SMILES string of the molecule is COCC(C)NC(=O)/C=C/c1nc2ccccc2o1. The maximum Gasteiger partial charge on any atom is 0.244 e. The Morgan fingerprint density at radius 3 is 3.05 bits per heavy atom. The van der Waals surface area contributed by atoms with E-state index < -0.39 is 0 Å². The molecule has 1 atom stereocenters. The lowest BCUT2D eigenvalue weighted by molar-refractivity contribution is -0.117. The Morgan fingerprint density at radius 2 is 2.32 bits per heavy atom. The molecule has 100 valence electrons. The number of rotatable bonds is 5. The Hall–Kier alpha value is -2.14. The second-order valence-electron chi connectivity index (χ2n) is 4.22. The number of nitrogens with one attached hydrogen (secondary N) is 1. The zero-order valence-corrected chi connectivity index (χ0v) is 10.9. The van der Waals surface area contributed by atoms with Crippen molar-refractivity contribution in [2.45, 2.75) is 13.0 Å². The van der Waals surface area contributed by atoms with Crippen LogP contribution in [0.15, 0.2) is 34.8 Å². The van der Waals surface area contributed by atoms with Gasteiger partial charge in [-0.05, 0) is 19.1 Å². The average molecular weight is 260 g/mol. The van der Waals surface area contributed by atoms with Gasteiger partial charge in [-0.3, -0.25) is 4.79 Å². The number of carbonyl (C=O) groups is 1. The molecule has 1 aromatic heterocycles. The van der Waals surface area contributed by atoms with Crippen LogP contribution in [0.4, 0.5) is 0 Å². The number of hydrogen-bond acceptors (Lipinski definition) is 4. The summed E-state index contributed by atoms with van der Waals surface area (Å²) in [4.78, 5) is 15.8. The van der Waals surface area contributed by atoms with Gasteiger partial charge >= 0.3 is 0 Å². The van der Waals surface area contributed by atoms with Crippen LogP contribution in [0.3, 0.4) is 0 Å². The molecule has 0 aliphatic heterocycles. The third-order valence-corrected chi connectivity index (χ3v) is 2.49. The monoisotopic (exact) mass is 260 g/mol. The fourth-order valence-corrected chi connectivity index (χ4v) is 1.69. The zero-order chi connectivity index (χ0) is 13.7. The first kappa shape index (κ1) is 13.3. The highest BCUT2D eigenvalue weighted by molar-refractivity contribution is 5.91. The topological polar surface area (TPSA) is 64.4 Å². The first-order valence-electron chi connectivity index (χ1n) is 6.02. The maximum atomic E-state index is 11.6. The molecule has 0 saturated carbocycles. The zero-order valence-electron chi connectivity index (χ0n) is 10.9. The van der Waals surface area contributed by atoms with Gasteiger partial charge in [-0.2, -0.15) is 0 Å². The van der Waals surface area contributed by atoms with Crippen molar-refractivity contribution < 1.29 is 13.9 Å². The average Bonchev–Trinajstić information content (AvgIpc) is 2.79. The van der Waals surface area contributed by atoms with E-state index >= 15 is 0 Å². The van der Waals surface area contributed by atoms with E-state index in [1.54, 1.807) is 13.2 Å². The number of hydrogen-bond donors (Lipinski definition) is 1. The van der Waals surface area contributed by atoms with Gasteiger partial charge in [-0.1, -0.05) is 12.1 Å². The molecule has 0 aliphatic carbocycles. The molecule has 1 aromatic carbocycles. The van der Waals surface area contributed by atoms with Crippen molar-refractivity contribution in [3.63, 3.8) is 0 Å². The van der Waals surface area contributed by atoms with Crippen LogP contribution < -0.4 is 5.32 Å². The molecule has 19 heavy (non-hydrogen) atoms. The lowest BCUT2D eigenvalue weighted by Gasteiger charge is -2.10. The fourth-order valence-electron chi connectivity index (χ4n) is 1.69. The van der Waals surface area contributed by atoms with Gasteiger partial charge in [0.2, 0.25) is 11.8 Å². The minimum Gasteiger partial charge on any atom is -0.437 e. The normalized spacial score (nSPS) is 12.9. The molecule has 0 spiro atoms. The summed E-state index contributed by atoms with van der Waals surface area (Å²) in [6.07, 6.45) is 2.95. The van der Waals surface area contributed by atoms with E-state index in [0.717, 1.165) is 5.52 Å². The van der Waals surface area contributed by atoms with Gasteiger partial charge < -0.3 is 14.5 Å². The number of aromatic nitrogens is 1. The number of carbonyl (C=O) groups excluding carboxylic acids is 1. The molecule has 1 N–H and O–H groups in total. The quantitative estimate of drug-likeness (QED) is 0.835. The van der Waals surface area contributed by atoms with Gasteiger partial charge in [0.25, 0.3) is 0 Å². The van der Waals surface area contributed by atoms with Crippen molar-refractivity contribution in [1.82, 2.24) is 10.3 Å².